The molecule has 2 nitrogen and oxygen atoms in total. The average molecular weight is 155 g/mol. The van der Waals surface area contributed by atoms with Crippen molar-refractivity contribution in [1.82, 2.24) is 5.32 Å². The molecule has 64 valence electrons. The van der Waals surface area contributed by atoms with Crippen molar-refractivity contribution in [3.8, 4) is 0 Å². The van der Waals surface area contributed by atoms with Crippen LogP contribution >= 0.6 is 0 Å². The van der Waals surface area contributed by atoms with Crippen LogP contribution in [0.3, 0.4) is 0 Å². The van der Waals surface area contributed by atoms with E-state index in [1.807, 2.05) is 0 Å². The van der Waals surface area contributed by atoms with E-state index in [1.165, 1.54) is 19.3 Å². The van der Waals surface area contributed by atoms with E-state index in [2.05, 4.69) is 19.2 Å². The molecular weight excluding hydrogens is 138 g/mol. The van der Waals surface area contributed by atoms with Crippen LogP contribution < -0.4 is 5.32 Å². The maximum atomic E-state index is 10.9. The molecule has 1 amide bonds. The summed E-state index contributed by atoms with van der Waals surface area (Å²) in [5.74, 6) is 0.834. The first-order valence-corrected chi connectivity index (χ1v) is 4.53. The predicted molar refractivity (Wildman–Crippen MR) is 45.2 cm³/mol. The van der Waals surface area contributed by atoms with Crippen molar-refractivity contribution in [1.29, 1.82) is 0 Å². The Balaban J connectivity index is 2.28. The largest absolute Gasteiger partial charge is 0.353 e. The van der Waals surface area contributed by atoms with Crippen LogP contribution in [0.25, 0.3) is 0 Å². The average Bonchev–Trinajstić information content (AvgIpc) is 2.26. The van der Waals surface area contributed by atoms with Gasteiger partial charge in [0.15, 0.2) is 0 Å². The third-order valence-corrected chi connectivity index (χ3v) is 2.47. The summed E-state index contributed by atoms with van der Waals surface area (Å²) >= 11 is 0. The highest BCUT2D eigenvalue weighted by atomic mass is 16.1. The Bertz CT molecular complexity index is 144. The van der Waals surface area contributed by atoms with E-state index in [4.69, 9.17) is 0 Å². The van der Waals surface area contributed by atoms with Gasteiger partial charge in [0, 0.05) is 12.5 Å². The Morgan fingerprint density at radius 1 is 1.64 bits per heavy atom. The number of carbonyl (C=O) groups excluding carboxylic acids is 1. The molecule has 1 aliphatic rings. The summed E-state index contributed by atoms with van der Waals surface area (Å²) in [5.41, 5.74) is 0. The molecule has 2 heteroatoms. The van der Waals surface area contributed by atoms with Gasteiger partial charge in [0.1, 0.15) is 0 Å². The Kier molecular flexibility index (Phi) is 2.92. The molecule has 1 N–H and O–H groups in total. The number of unbranched alkanes of at least 4 members (excludes halogenated alkanes) is 1. The summed E-state index contributed by atoms with van der Waals surface area (Å²) in [6.07, 6.45) is 4.44. The van der Waals surface area contributed by atoms with Crippen molar-refractivity contribution in [2.75, 3.05) is 0 Å². The number of nitrogens with one attached hydrogen (secondary N) is 1. The Morgan fingerprint density at radius 3 is 2.82 bits per heavy atom. The molecule has 0 radical (unpaired) electrons. The van der Waals surface area contributed by atoms with E-state index in [0.717, 1.165) is 6.42 Å². The molecule has 0 saturated carbocycles. The number of rotatable bonds is 3. The maximum Gasteiger partial charge on any atom is 0.220 e. The van der Waals surface area contributed by atoms with Crippen molar-refractivity contribution >= 4 is 5.91 Å². The molecule has 0 aromatic carbocycles. The quantitative estimate of drug-likeness (QED) is 0.660. The van der Waals surface area contributed by atoms with Crippen LogP contribution in [0.4, 0.5) is 0 Å². The summed E-state index contributed by atoms with van der Waals surface area (Å²) in [5, 5.41) is 2.94. The minimum Gasteiger partial charge on any atom is -0.353 e. The van der Waals surface area contributed by atoms with Crippen molar-refractivity contribution in [3.63, 3.8) is 0 Å². The Morgan fingerprint density at radius 2 is 2.36 bits per heavy atom. The standard InChI is InChI=1S/C9H17NO/c1-3-4-5-8-6-9(11)10-7(8)2/h7-8H,3-6H2,1-2H3,(H,10,11)/t7-,8+/m1/s1. The highest BCUT2D eigenvalue weighted by Gasteiger charge is 2.27. The zero-order chi connectivity index (χ0) is 8.27. The fourth-order valence-corrected chi connectivity index (χ4v) is 1.66. The van der Waals surface area contributed by atoms with Crippen molar-refractivity contribution in [3.05, 3.63) is 0 Å². The number of carbonyl (C=O) groups is 1. The molecule has 0 unspecified atom stereocenters. The van der Waals surface area contributed by atoms with E-state index in [0.29, 0.717) is 12.0 Å². The SMILES string of the molecule is CCCC[C@H]1CC(=O)N[C@@H]1C. The van der Waals surface area contributed by atoms with Crippen LogP contribution in [0.2, 0.25) is 0 Å². The predicted octanol–water partition coefficient (Wildman–Crippen LogP) is 1.70. The van der Waals surface area contributed by atoms with Gasteiger partial charge >= 0.3 is 0 Å². The van der Waals surface area contributed by atoms with E-state index in [-0.39, 0.29) is 5.91 Å². The molecule has 1 aliphatic heterocycles. The Labute approximate surface area is 68.4 Å². The lowest BCUT2D eigenvalue weighted by atomic mass is 9.96. The third kappa shape index (κ3) is 2.21. The lowest BCUT2D eigenvalue weighted by Gasteiger charge is -2.12. The molecule has 2 atom stereocenters. The van der Waals surface area contributed by atoms with E-state index in [9.17, 15) is 4.79 Å². The fraction of sp³-hybridized carbons (Fsp3) is 0.889. The zero-order valence-corrected chi connectivity index (χ0v) is 7.39. The first kappa shape index (κ1) is 8.57. The molecule has 1 saturated heterocycles. The monoisotopic (exact) mass is 155 g/mol. The van der Waals surface area contributed by atoms with Crippen LogP contribution in [0, 0.1) is 5.92 Å². The van der Waals surface area contributed by atoms with Crippen molar-refractivity contribution in [2.45, 2.75) is 45.6 Å². The molecule has 0 spiro atoms. The summed E-state index contributed by atoms with van der Waals surface area (Å²) < 4.78 is 0. The lowest BCUT2D eigenvalue weighted by Crippen LogP contribution is -2.25. The summed E-state index contributed by atoms with van der Waals surface area (Å²) in [6, 6.07) is 0.411. The Hall–Kier alpha value is -0.530. The number of hydrogen-bond donors (Lipinski definition) is 1. The van der Waals surface area contributed by atoms with E-state index >= 15 is 0 Å². The molecule has 1 fully saturated rings. The normalized spacial score (nSPS) is 30.5. The molecule has 0 aromatic rings. The van der Waals surface area contributed by atoms with Gasteiger partial charge in [0.25, 0.3) is 0 Å². The smallest absolute Gasteiger partial charge is 0.220 e. The van der Waals surface area contributed by atoms with Gasteiger partial charge in [-0.15, -0.1) is 0 Å². The minimum atomic E-state index is 0.235. The van der Waals surface area contributed by atoms with Gasteiger partial charge in [0.05, 0.1) is 0 Å². The summed E-state index contributed by atoms with van der Waals surface area (Å²) in [4.78, 5) is 10.9. The molecule has 0 aromatic heterocycles. The van der Waals surface area contributed by atoms with Gasteiger partial charge < -0.3 is 5.32 Å². The van der Waals surface area contributed by atoms with Crippen molar-refractivity contribution < 1.29 is 4.79 Å². The molecule has 0 bridgehead atoms. The second-order valence-electron chi connectivity index (χ2n) is 3.46. The first-order chi connectivity index (χ1) is 5.24. The van der Waals surface area contributed by atoms with E-state index < -0.39 is 0 Å². The number of amides is 1. The first-order valence-electron chi connectivity index (χ1n) is 4.53. The van der Waals surface area contributed by atoms with Gasteiger partial charge in [-0.3, -0.25) is 4.79 Å². The van der Waals surface area contributed by atoms with Crippen LogP contribution in [0.15, 0.2) is 0 Å². The van der Waals surface area contributed by atoms with Gasteiger partial charge in [-0.2, -0.15) is 0 Å². The van der Waals surface area contributed by atoms with E-state index in [1.54, 1.807) is 0 Å². The van der Waals surface area contributed by atoms with Gasteiger partial charge in [-0.1, -0.05) is 19.8 Å². The maximum absolute atomic E-state index is 10.9. The zero-order valence-electron chi connectivity index (χ0n) is 7.39. The molecular formula is C9H17NO. The topological polar surface area (TPSA) is 29.1 Å². The summed E-state index contributed by atoms with van der Waals surface area (Å²) in [6.45, 7) is 4.29. The highest BCUT2D eigenvalue weighted by Crippen LogP contribution is 2.21. The molecule has 11 heavy (non-hydrogen) atoms. The summed E-state index contributed by atoms with van der Waals surface area (Å²) in [7, 11) is 0. The van der Waals surface area contributed by atoms with Gasteiger partial charge in [0.2, 0.25) is 5.91 Å². The van der Waals surface area contributed by atoms with Crippen LogP contribution in [0.5, 0.6) is 0 Å². The number of hydrogen-bond acceptors (Lipinski definition) is 1. The molecule has 0 aliphatic carbocycles. The minimum absolute atomic E-state index is 0.235. The van der Waals surface area contributed by atoms with Gasteiger partial charge in [-0.05, 0) is 19.3 Å². The van der Waals surface area contributed by atoms with Gasteiger partial charge in [-0.25, -0.2) is 0 Å². The van der Waals surface area contributed by atoms with Crippen LogP contribution in [-0.2, 0) is 4.79 Å². The fourth-order valence-electron chi connectivity index (χ4n) is 1.66. The molecule has 1 rings (SSSR count). The van der Waals surface area contributed by atoms with Crippen molar-refractivity contribution in [2.24, 2.45) is 5.92 Å². The highest BCUT2D eigenvalue weighted by molar-refractivity contribution is 5.78. The van der Waals surface area contributed by atoms with Crippen LogP contribution in [-0.4, -0.2) is 11.9 Å². The second kappa shape index (κ2) is 3.74. The lowest BCUT2D eigenvalue weighted by molar-refractivity contribution is -0.119. The third-order valence-electron chi connectivity index (χ3n) is 2.47. The van der Waals surface area contributed by atoms with Crippen LogP contribution in [0.1, 0.15) is 39.5 Å². The molecule has 1 heterocycles. The second-order valence-corrected chi connectivity index (χ2v) is 3.46.